The molecular formula is C8H7BrFNO2. The largest absolute Gasteiger partial charge is 0.277 e. The summed E-state index contributed by atoms with van der Waals surface area (Å²) in [4.78, 5) is 15.5. The number of benzene rings is 1. The molecule has 0 aromatic heterocycles. The summed E-state index contributed by atoms with van der Waals surface area (Å²) in [5.41, 5.74) is 2.30. The molecule has 0 aliphatic heterocycles. The van der Waals surface area contributed by atoms with Crippen molar-refractivity contribution in [2.75, 3.05) is 7.11 Å². The molecule has 1 aromatic rings. The highest BCUT2D eigenvalue weighted by molar-refractivity contribution is 9.10. The summed E-state index contributed by atoms with van der Waals surface area (Å²) < 4.78 is 13.2. The van der Waals surface area contributed by atoms with Gasteiger partial charge in [-0.25, -0.2) is 9.87 Å². The summed E-state index contributed by atoms with van der Waals surface area (Å²) in [7, 11) is 1.31. The maximum atomic E-state index is 12.9. The summed E-state index contributed by atoms with van der Waals surface area (Å²) in [5, 5.41) is 0. The predicted molar refractivity (Wildman–Crippen MR) is 48.6 cm³/mol. The van der Waals surface area contributed by atoms with Crippen LogP contribution >= 0.6 is 15.9 Å². The molecule has 0 heterocycles. The van der Waals surface area contributed by atoms with Gasteiger partial charge in [-0.1, -0.05) is 0 Å². The second kappa shape index (κ2) is 4.34. The second-order valence-corrected chi connectivity index (χ2v) is 3.12. The minimum Gasteiger partial charge on any atom is -0.277 e. The Kier molecular flexibility index (Phi) is 3.39. The van der Waals surface area contributed by atoms with Gasteiger partial charge in [-0.3, -0.25) is 9.63 Å². The van der Waals surface area contributed by atoms with Crippen molar-refractivity contribution in [1.29, 1.82) is 0 Å². The molecule has 0 spiro atoms. The van der Waals surface area contributed by atoms with Crippen LogP contribution in [0.4, 0.5) is 4.39 Å². The first kappa shape index (κ1) is 10.1. The number of hydrogen-bond donors (Lipinski definition) is 1. The Hall–Kier alpha value is -0.940. The van der Waals surface area contributed by atoms with Crippen LogP contribution in [0.2, 0.25) is 0 Å². The monoisotopic (exact) mass is 247 g/mol. The van der Waals surface area contributed by atoms with Crippen LogP contribution < -0.4 is 5.48 Å². The Morgan fingerprint density at radius 2 is 2.31 bits per heavy atom. The van der Waals surface area contributed by atoms with E-state index in [1.54, 1.807) is 0 Å². The molecule has 0 unspecified atom stereocenters. The summed E-state index contributed by atoms with van der Waals surface area (Å²) in [6.45, 7) is 0. The zero-order valence-corrected chi connectivity index (χ0v) is 8.39. The minimum atomic E-state index is -0.483. The first-order chi connectivity index (χ1) is 6.15. The van der Waals surface area contributed by atoms with Crippen LogP contribution in [0.3, 0.4) is 0 Å². The zero-order chi connectivity index (χ0) is 9.84. The SMILES string of the molecule is CONC(=O)c1ccc(Br)c(F)c1. The lowest BCUT2D eigenvalue weighted by atomic mass is 10.2. The molecule has 1 amide bonds. The lowest BCUT2D eigenvalue weighted by Gasteiger charge is -2.02. The first-order valence-electron chi connectivity index (χ1n) is 3.43. The molecule has 0 atom stereocenters. The van der Waals surface area contributed by atoms with Gasteiger partial charge in [0.25, 0.3) is 5.91 Å². The molecule has 0 saturated heterocycles. The van der Waals surface area contributed by atoms with Crippen molar-refractivity contribution in [3.8, 4) is 0 Å². The molecule has 0 saturated carbocycles. The Bertz CT molecular complexity index is 330. The minimum absolute atomic E-state index is 0.211. The molecule has 70 valence electrons. The fourth-order valence-electron chi connectivity index (χ4n) is 0.789. The van der Waals surface area contributed by atoms with Crippen LogP contribution in [0.1, 0.15) is 10.4 Å². The molecule has 1 rings (SSSR count). The number of carbonyl (C=O) groups is 1. The van der Waals surface area contributed by atoms with E-state index in [0.717, 1.165) is 6.07 Å². The van der Waals surface area contributed by atoms with Crippen molar-refractivity contribution in [3.05, 3.63) is 34.1 Å². The van der Waals surface area contributed by atoms with Crippen molar-refractivity contribution >= 4 is 21.8 Å². The van der Waals surface area contributed by atoms with Gasteiger partial charge in [0, 0.05) is 5.56 Å². The topological polar surface area (TPSA) is 38.3 Å². The summed E-state index contributed by atoms with van der Waals surface area (Å²) >= 11 is 2.98. The maximum absolute atomic E-state index is 12.9. The van der Waals surface area contributed by atoms with E-state index in [9.17, 15) is 9.18 Å². The van der Waals surface area contributed by atoms with Gasteiger partial charge >= 0.3 is 0 Å². The number of rotatable bonds is 2. The second-order valence-electron chi connectivity index (χ2n) is 2.26. The normalized spacial score (nSPS) is 9.77. The molecule has 1 aromatic carbocycles. The van der Waals surface area contributed by atoms with Gasteiger partial charge in [-0.15, -0.1) is 0 Å². The van der Waals surface area contributed by atoms with Gasteiger partial charge in [-0.05, 0) is 34.1 Å². The molecule has 3 nitrogen and oxygen atoms in total. The molecule has 1 N–H and O–H groups in total. The summed E-state index contributed by atoms with van der Waals surface area (Å²) in [5.74, 6) is -0.961. The van der Waals surface area contributed by atoms with Crippen LogP contribution in [0.5, 0.6) is 0 Å². The van der Waals surface area contributed by atoms with Crippen LogP contribution in [0.25, 0.3) is 0 Å². The van der Waals surface area contributed by atoms with Crippen LogP contribution in [-0.4, -0.2) is 13.0 Å². The van der Waals surface area contributed by atoms with Gasteiger partial charge in [0.2, 0.25) is 0 Å². The molecule has 0 bridgehead atoms. The quantitative estimate of drug-likeness (QED) is 0.811. The van der Waals surface area contributed by atoms with E-state index in [1.165, 1.54) is 19.2 Å². The van der Waals surface area contributed by atoms with E-state index in [0.29, 0.717) is 4.47 Å². The average molecular weight is 248 g/mol. The van der Waals surface area contributed by atoms with Crippen molar-refractivity contribution < 1.29 is 14.0 Å². The van der Waals surface area contributed by atoms with Gasteiger partial charge in [0.15, 0.2) is 0 Å². The first-order valence-corrected chi connectivity index (χ1v) is 4.23. The summed E-state index contributed by atoms with van der Waals surface area (Å²) in [6.07, 6.45) is 0. The molecule has 13 heavy (non-hydrogen) atoms. The average Bonchev–Trinajstić information content (AvgIpc) is 2.10. The predicted octanol–water partition coefficient (Wildman–Crippen LogP) is 1.88. The fourth-order valence-corrected chi connectivity index (χ4v) is 1.04. The third-order valence-corrected chi connectivity index (χ3v) is 2.02. The molecule has 0 radical (unpaired) electrons. The van der Waals surface area contributed by atoms with Gasteiger partial charge in [0.05, 0.1) is 11.6 Å². The molecule has 5 heteroatoms. The smallest absolute Gasteiger partial charge is 0.274 e. The third-order valence-electron chi connectivity index (χ3n) is 1.38. The fraction of sp³-hybridized carbons (Fsp3) is 0.125. The Morgan fingerprint density at radius 3 is 2.85 bits per heavy atom. The van der Waals surface area contributed by atoms with Gasteiger partial charge in [0.1, 0.15) is 5.82 Å². The van der Waals surface area contributed by atoms with Crippen LogP contribution in [0, 0.1) is 5.82 Å². The van der Waals surface area contributed by atoms with Crippen molar-refractivity contribution in [2.24, 2.45) is 0 Å². The standard InChI is InChI=1S/C8H7BrFNO2/c1-13-11-8(12)5-2-3-6(9)7(10)4-5/h2-4H,1H3,(H,11,12). The lowest BCUT2D eigenvalue weighted by Crippen LogP contribution is -2.21. The van der Waals surface area contributed by atoms with E-state index in [1.807, 2.05) is 0 Å². The molecule has 0 aliphatic carbocycles. The van der Waals surface area contributed by atoms with E-state index in [4.69, 9.17) is 0 Å². The number of halogens is 2. The Balaban J connectivity index is 2.90. The Labute approximate surface area is 83.0 Å². The molecule has 0 fully saturated rings. The van der Waals surface area contributed by atoms with Crippen molar-refractivity contribution in [2.45, 2.75) is 0 Å². The van der Waals surface area contributed by atoms with Crippen LogP contribution in [0.15, 0.2) is 22.7 Å². The molecule has 0 aliphatic rings. The number of nitrogens with one attached hydrogen (secondary N) is 1. The number of hydrogen-bond acceptors (Lipinski definition) is 2. The van der Waals surface area contributed by atoms with Crippen LogP contribution in [-0.2, 0) is 4.84 Å². The number of amides is 1. The van der Waals surface area contributed by atoms with Gasteiger partial charge < -0.3 is 0 Å². The lowest BCUT2D eigenvalue weighted by molar-refractivity contribution is 0.0537. The van der Waals surface area contributed by atoms with E-state index in [2.05, 4.69) is 26.2 Å². The number of carbonyl (C=O) groups excluding carboxylic acids is 1. The van der Waals surface area contributed by atoms with E-state index < -0.39 is 11.7 Å². The summed E-state index contributed by atoms with van der Waals surface area (Å²) in [6, 6.07) is 4.07. The van der Waals surface area contributed by atoms with Crippen molar-refractivity contribution in [1.82, 2.24) is 5.48 Å². The maximum Gasteiger partial charge on any atom is 0.274 e. The highest BCUT2D eigenvalue weighted by Gasteiger charge is 2.07. The zero-order valence-electron chi connectivity index (χ0n) is 6.80. The van der Waals surface area contributed by atoms with E-state index >= 15 is 0 Å². The highest BCUT2D eigenvalue weighted by atomic mass is 79.9. The van der Waals surface area contributed by atoms with Crippen molar-refractivity contribution in [3.63, 3.8) is 0 Å². The number of hydroxylamine groups is 1. The third kappa shape index (κ3) is 2.50. The molecular weight excluding hydrogens is 241 g/mol. The van der Waals surface area contributed by atoms with E-state index in [-0.39, 0.29) is 5.56 Å². The Morgan fingerprint density at radius 1 is 1.62 bits per heavy atom. The highest BCUT2D eigenvalue weighted by Crippen LogP contribution is 2.16. The van der Waals surface area contributed by atoms with Gasteiger partial charge in [-0.2, -0.15) is 0 Å².